The van der Waals surface area contributed by atoms with Gasteiger partial charge in [0, 0.05) is 5.56 Å². The number of hydrogen-bond donors (Lipinski definition) is 0. The van der Waals surface area contributed by atoms with E-state index in [9.17, 15) is 9.59 Å². The van der Waals surface area contributed by atoms with E-state index in [-0.39, 0.29) is 11.9 Å². The largest absolute Gasteiger partial charge is 0.468 e. The number of carbonyl (C=O) groups excluding carboxylic acids is 2. The van der Waals surface area contributed by atoms with E-state index in [2.05, 4.69) is 10.3 Å². The zero-order chi connectivity index (χ0) is 31.2. The lowest BCUT2D eigenvalue weighted by Crippen LogP contribution is -2.45. The lowest BCUT2D eigenvalue weighted by atomic mass is 9.70. The molecule has 0 saturated heterocycles. The minimum absolute atomic E-state index is 0.316. The molecule has 0 aliphatic carbocycles. The Kier molecular flexibility index (Phi) is 8.90. The number of oxime groups is 2. The molecule has 0 bridgehead atoms. The molecule has 0 aromatic heterocycles. The summed E-state index contributed by atoms with van der Waals surface area (Å²) in [5.74, 6) is -1.14. The second kappa shape index (κ2) is 13.0. The minimum atomic E-state index is -1.28. The highest BCUT2D eigenvalue weighted by Crippen LogP contribution is 2.47. The number of methoxy groups -OCH3 is 2. The molecule has 0 N–H and O–H groups in total. The molecular weight excluding hydrogens is 556 g/mol. The average molecular weight is 591 g/mol. The Morgan fingerprint density at radius 2 is 1.11 bits per heavy atom. The van der Waals surface area contributed by atoms with Gasteiger partial charge in [-0.05, 0) is 30.5 Å². The van der Waals surface area contributed by atoms with Crippen LogP contribution in [0.25, 0.3) is 0 Å². The van der Waals surface area contributed by atoms with Gasteiger partial charge in [0.25, 0.3) is 5.60 Å². The van der Waals surface area contributed by atoms with Gasteiger partial charge in [0.2, 0.25) is 0 Å². The van der Waals surface area contributed by atoms with Crippen LogP contribution in [0.4, 0.5) is 0 Å². The fraction of sp³-hybridized carbons (Fsp3) is 0.222. The SMILES string of the molecule is COC(=O)[C@@]1(c2ccccc2)C(C)=NOC1c1ccccc1.COC(=O)[C@]1(c2ccccc2)ON=C(C)C1c1ccccc1. The van der Waals surface area contributed by atoms with Crippen molar-refractivity contribution in [1.29, 1.82) is 0 Å². The minimum Gasteiger partial charge on any atom is -0.468 e. The topological polar surface area (TPSA) is 95.8 Å². The van der Waals surface area contributed by atoms with Crippen molar-refractivity contribution in [1.82, 2.24) is 0 Å². The zero-order valence-electron chi connectivity index (χ0n) is 25.0. The van der Waals surface area contributed by atoms with Gasteiger partial charge in [-0.15, -0.1) is 0 Å². The van der Waals surface area contributed by atoms with Gasteiger partial charge >= 0.3 is 11.9 Å². The molecule has 0 amide bonds. The van der Waals surface area contributed by atoms with E-state index in [1.807, 2.05) is 128 Å². The number of carbonyl (C=O) groups is 2. The molecule has 2 unspecified atom stereocenters. The maximum atomic E-state index is 12.7. The normalized spacial score (nSPS) is 23.5. The van der Waals surface area contributed by atoms with Crippen LogP contribution in [0.15, 0.2) is 132 Å². The monoisotopic (exact) mass is 590 g/mol. The summed E-state index contributed by atoms with van der Waals surface area (Å²) in [7, 11) is 2.76. The second-order valence-electron chi connectivity index (χ2n) is 10.5. The molecule has 2 aliphatic rings. The van der Waals surface area contributed by atoms with E-state index in [0.29, 0.717) is 5.71 Å². The summed E-state index contributed by atoms with van der Waals surface area (Å²) in [6, 6.07) is 38.3. The Bertz CT molecular complexity index is 1640. The number of rotatable bonds is 6. The molecule has 4 aromatic rings. The van der Waals surface area contributed by atoms with Crippen LogP contribution in [0.3, 0.4) is 0 Å². The van der Waals surface area contributed by atoms with Crippen LogP contribution in [-0.4, -0.2) is 37.6 Å². The number of benzene rings is 4. The van der Waals surface area contributed by atoms with E-state index >= 15 is 0 Å². The summed E-state index contributed by atoms with van der Waals surface area (Å²) in [5, 5.41) is 8.22. The number of ether oxygens (including phenoxy) is 2. The molecule has 4 atom stereocenters. The van der Waals surface area contributed by atoms with Crippen LogP contribution in [0, 0.1) is 0 Å². The van der Waals surface area contributed by atoms with Crippen LogP contribution in [-0.2, 0) is 39.8 Å². The number of esters is 2. The standard InChI is InChI=1S/2C18H17NO3/c1-13-18(17(20)21-2,15-11-7-4-8-12-15)16(22-19-13)14-9-5-3-6-10-14;1-13-16(14-9-5-3-6-10-14)18(22-19-13,17(20)21-2)15-11-7-4-8-12-15/h2*3-12,16H,1-2H3/t2*16?,18-/m11/s1. The van der Waals surface area contributed by atoms with Crippen molar-refractivity contribution in [2.45, 2.75) is 36.9 Å². The van der Waals surface area contributed by atoms with Crippen molar-refractivity contribution in [2.75, 3.05) is 14.2 Å². The van der Waals surface area contributed by atoms with Gasteiger partial charge in [-0.2, -0.15) is 0 Å². The summed E-state index contributed by atoms with van der Waals surface area (Å²) in [6.07, 6.45) is -0.538. The lowest BCUT2D eigenvalue weighted by molar-refractivity contribution is -0.169. The molecule has 8 heteroatoms. The maximum Gasteiger partial charge on any atom is 0.359 e. The summed E-state index contributed by atoms with van der Waals surface area (Å²) >= 11 is 0. The third-order valence-electron chi connectivity index (χ3n) is 8.08. The first-order valence-electron chi connectivity index (χ1n) is 14.2. The first kappa shape index (κ1) is 30.2. The van der Waals surface area contributed by atoms with Crippen LogP contribution in [0.5, 0.6) is 0 Å². The predicted molar refractivity (Wildman–Crippen MR) is 167 cm³/mol. The smallest absolute Gasteiger partial charge is 0.359 e. The van der Waals surface area contributed by atoms with Crippen LogP contribution >= 0.6 is 0 Å². The Hall–Kier alpha value is -5.24. The number of nitrogens with zero attached hydrogens (tertiary/aromatic N) is 2. The Morgan fingerprint density at radius 3 is 1.64 bits per heavy atom. The van der Waals surface area contributed by atoms with E-state index in [1.54, 1.807) is 6.92 Å². The molecule has 0 radical (unpaired) electrons. The molecule has 4 aromatic carbocycles. The third-order valence-corrected chi connectivity index (χ3v) is 8.08. The number of hydrogen-bond acceptors (Lipinski definition) is 8. The summed E-state index contributed by atoms with van der Waals surface area (Å²) in [5.41, 5.74) is 2.41. The van der Waals surface area contributed by atoms with Crippen molar-refractivity contribution in [3.05, 3.63) is 144 Å². The second-order valence-corrected chi connectivity index (χ2v) is 10.5. The summed E-state index contributed by atoms with van der Waals surface area (Å²) in [6.45, 7) is 3.66. The zero-order valence-corrected chi connectivity index (χ0v) is 25.0. The van der Waals surface area contributed by atoms with Crippen LogP contribution < -0.4 is 0 Å². The molecule has 224 valence electrons. The van der Waals surface area contributed by atoms with Crippen LogP contribution in [0.2, 0.25) is 0 Å². The first-order chi connectivity index (χ1) is 21.4. The van der Waals surface area contributed by atoms with Crippen molar-refractivity contribution in [3.8, 4) is 0 Å². The highest BCUT2D eigenvalue weighted by Gasteiger charge is 2.58. The molecule has 0 fully saturated rings. The van der Waals surface area contributed by atoms with Crippen molar-refractivity contribution in [3.63, 3.8) is 0 Å². The predicted octanol–water partition coefficient (Wildman–Crippen LogP) is 6.49. The van der Waals surface area contributed by atoms with E-state index < -0.39 is 23.1 Å². The third kappa shape index (κ3) is 5.13. The molecule has 0 spiro atoms. The Balaban J connectivity index is 0.000000175. The van der Waals surface area contributed by atoms with Gasteiger partial charge in [0.05, 0.1) is 31.6 Å². The highest BCUT2D eigenvalue weighted by molar-refractivity contribution is 6.12. The molecule has 2 heterocycles. The molecule has 0 saturated carbocycles. The van der Waals surface area contributed by atoms with Crippen molar-refractivity contribution < 1.29 is 28.7 Å². The van der Waals surface area contributed by atoms with E-state index in [0.717, 1.165) is 28.0 Å². The van der Waals surface area contributed by atoms with Gasteiger partial charge in [0.1, 0.15) is 0 Å². The fourth-order valence-corrected chi connectivity index (χ4v) is 6.00. The Labute approximate surface area is 256 Å². The quantitative estimate of drug-likeness (QED) is 0.238. The average Bonchev–Trinajstić information content (AvgIpc) is 3.63. The molecule has 44 heavy (non-hydrogen) atoms. The molecule has 8 nitrogen and oxygen atoms in total. The molecular formula is C36H34N2O6. The maximum absolute atomic E-state index is 12.7. The highest BCUT2D eigenvalue weighted by atomic mass is 16.7. The Morgan fingerprint density at radius 1 is 0.636 bits per heavy atom. The van der Waals surface area contributed by atoms with E-state index in [1.165, 1.54) is 14.2 Å². The molecule has 6 rings (SSSR count). The van der Waals surface area contributed by atoms with Crippen molar-refractivity contribution >= 4 is 23.4 Å². The van der Waals surface area contributed by atoms with Gasteiger partial charge in [0.15, 0.2) is 11.5 Å². The summed E-state index contributed by atoms with van der Waals surface area (Å²) < 4.78 is 10.2. The molecule has 2 aliphatic heterocycles. The van der Waals surface area contributed by atoms with E-state index in [4.69, 9.17) is 19.1 Å². The fourth-order valence-electron chi connectivity index (χ4n) is 6.00. The summed E-state index contributed by atoms with van der Waals surface area (Å²) in [4.78, 5) is 36.7. The lowest BCUT2D eigenvalue weighted by Gasteiger charge is -2.31. The van der Waals surface area contributed by atoms with Gasteiger partial charge in [-0.1, -0.05) is 132 Å². The van der Waals surface area contributed by atoms with Crippen LogP contribution in [0.1, 0.15) is 48.1 Å². The van der Waals surface area contributed by atoms with Gasteiger partial charge in [-0.3, -0.25) is 4.79 Å². The van der Waals surface area contributed by atoms with Gasteiger partial charge < -0.3 is 19.1 Å². The van der Waals surface area contributed by atoms with Crippen molar-refractivity contribution in [2.24, 2.45) is 10.3 Å². The van der Waals surface area contributed by atoms with Gasteiger partial charge in [-0.25, -0.2) is 4.79 Å². The first-order valence-corrected chi connectivity index (χ1v) is 14.2.